The molecule has 1 aromatic heterocycles. The first kappa shape index (κ1) is 14.2. The monoisotopic (exact) mass is 344 g/mol. The van der Waals surface area contributed by atoms with Crippen molar-refractivity contribution in [1.29, 1.82) is 0 Å². The Morgan fingerprint density at radius 2 is 2.21 bits per heavy atom. The van der Waals surface area contributed by atoms with E-state index in [-0.39, 0.29) is 11.4 Å². The summed E-state index contributed by atoms with van der Waals surface area (Å²) < 4.78 is 27.5. The molecule has 0 aliphatic heterocycles. The average molecular weight is 345 g/mol. The van der Waals surface area contributed by atoms with Gasteiger partial charge in [0.15, 0.2) is 0 Å². The lowest BCUT2D eigenvalue weighted by molar-refractivity contribution is 0.581. The van der Waals surface area contributed by atoms with E-state index in [4.69, 9.17) is 0 Å². The molecular weight excluding hydrogens is 332 g/mol. The van der Waals surface area contributed by atoms with Crippen molar-refractivity contribution < 1.29 is 8.42 Å². The lowest BCUT2D eigenvalue weighted by Gasteiger charge is -2.07. The van der Waals surface area contributed by atoms with E-state index in [0.29, 0.717) is 12.2 Å². The van der Waals surface area contributed by atoms with Crippen molar-refractivity contribution in [2.45, 2.75) is 18.2 Å². The Kier molecular flexibility index (Phi) is 4.33. The van der Waals surface area contributed by atoms with Gasteiger partial charge in [-0.2, -0.15) is 5.10 Å². The fourth-order valence-electron chi connectivity index (χ4n) is 1.52. The van der Waals surface area contributed by atoms with Crippen molar-refractivity contribution in [3.05, 3.63) is 40.4 Å². The largest absolute Gasteiger partial charge is 0.263 e. The van der Waals surface area contributed by atoms with E-state index in [1.807, 2.05) is 6.92 Å². The number of aryl methyl sites for hydroxylation is 1. The highest BCUT2D eigenvalue weighted by Gasteiger charge is 2.14. The number of hydrogen-bond donors (Lipinski definition) is 2. The fraction of sp³-hybridized carbons (Fsp3) is 0.273. The minimum atomic E-state index is -3.49. The van der Waals surface area contributed by atoms with Crippen LogP contribution in [0.1, 0.15) is 11.4 Å². The molecule has 0 saturated carbocycles. The SMILES string of the molecule is Cc1cc(S(=O)(=O)NCCc2ncn[nH]2)ccc1Br. The van der Waals surface area contributed by atoms with Gasteiger partial charge in [0, 0.05) is 17.4 Å². The van der Waals surface area contributed by atoms with Crippen LogP contribution in [0.2, 0.25) is 0 Å². The van der Waals surface area contributed by atoms with Gasteiger partial charge in [0.1, 0.15) is 12.2 Å². The second kappa shape index (κ2) is 5.81. The molecule has 0 aliphatic rings. The molecule has 1 heterocycles. The Balaban J connectivity index is 2.03. The molecule has 0 bridgehead atoms. The lowest BCUT2D eigenvalue weighted by Crippen LogP contribution is -2.26. The second-order valence-corrected chi connectivity index (χ2v) is 6.61. The summed E-state index contributed by atoms with van der Waals surface area (Å²) in [5.41, 5.74) is 0.873. The maximum atomic E-state index is 12.1. The van der Waals surface area contributed by atoms with Crippen molar-refractivity contribution in [2.24, 2.45) is 0 Å². The highest BCUT2D eigenvalue weighted by atomic mass is 79.9. The van der Waals surface area contributed by atoms with Crippen LogP contribution in [-0.4, -0.2) is 30.1 Å². The lowest BCUT2D eigenvalue weighted by atomic mass is 10.2. The van der Waals surface area contributed by atoms with Gasteiger partial charge in [-0.25, -0.2) is 18.1 Å². The van der Waals surface area contributed by atoms with Gasteiger partial charge in [0.25, 0.3) is 0 Å². The topological polar surface area (TPSA) is 87.7 Å². The van der Waals surface area contributed by atoms with Gasteiger partial charge >= 0.3 is 0 Å². The highest BCUT2D eigenvalue weighted by Crippen LogP contribution is 2.19. The zero-order chi connectivity index (χ0) is 13.9. The molecule has 0 aliphatic carbocycles. The Morgan fingerprint density at radius 3 is 2.84 bits per heavy atom. The zero-order valence-electron chi connectivity index (χ0n) is 10.2. The third-order valence-electron chi connectivity index (χ3n) is 2.56. The summed E-state index contributed by atoms with van der Waals surface area (Å²) in [7, 11) is -3.49. The summed E-state index contributed by atoms with van der Waals surface area (Å²) in [5, 5.41) is 6.38. The van der Waals surface area contributed by atoms with Crippen LogP contribution in [0.5, 0.6) is 0 Å². The quantitative estimate of drug-likeness (QED) is 0.857. The van der Waals surface area contributed by atoms with Crippen LogP contribution in [0.4, 0.5) is 0 Å². The first-order valence-corrected chi connectivity index (χ1v) is 7.87. The minimum absolute atomic E-state index is 0.255. The Labute approximate surface area is 119 Å². The van der Waals surface area contributed by atoms with Crippen LogP contribution in [0.3, 0.4) is 0 Å². The number of hydrogen-bond acceptors (Lipinski definition) is 4. The second-order valence-electron chi connectivity index (χ2n) is 3.99. The van der Waals surface area contributed by atoms with E-state index in [9.17, 15) is 8.42 Å². The number of aromatic nitrogens is 3. The molecular formula is C11H13BrN4O2S. The summed E-state index contributed by atoms with van der Waals surface area (Å²) in [4.78, 5) is 4.18. The van der Waals surface area contributed by atoms with Crippen LogP contribution < -0.4 is 4.72 Å². The molecule has 0 atom stereocenters. The third kappa shape index (κ3) is 3.62. The van der Waals surface area contributed by atoms with Crippen LogP contribution >= 0.6 is 15.9 Å². The predicted octanol–water partition coefficient (Wildman–Crippen LogP) is 1.40. The van der Waals surface area contributed by atoms with E-state index in [0.717, 1.165) is 10.0 Å². The van der Waals surface area contributed by atoms with Gasteiger partial charge in [-0.15, -0.1) is 0 Å². The van der Waals surface area contributed by atoms with Gasteiger partial charge in [-0.1, -0.05) is 15.9 Å². The van der Waals surface area contributed by atoms with Crippen molar-refractivity contribution in [3.8, 4) is 0 Å². The number of halogens is 1. The van der Waals surface area contributed by atoms with Gasteiger partial charge in [0.2, 0.25) is 10.0 Å². The minimum Gasteiger partial charge on any atom is -0.263 e. The average Bonchev–Trinajstić information content (AvgIpc) is 2.85. The summed E-state index contributed by atoms with van der Waals surface area (Å²) in [5.74, 6) is 0.648. The van der Waals surface area contributed by atoms with Crippen LogP contribution in [0.15, 0.2) is 33.9 Å². The standard InChI is InChI=1S/C11H13BrN4O2S/c1-8-6-9(2-3-10(8)12)19(17,18)15-5-4-11-13-7-14-16-11/h2-3,6-7,15H,4-5H2,1H3,(H,13,14,16). The maximum absolute atomic E-state index is 12.1. The first-order valence-electron chi connectivity index (χ1n) is 5.59. The normalized spacial score (nSPS) is 11.7. The van der Waals surface area contributed by atoms with Crippen LogP contribution in [0.25, 0.3) is 0 Å². The number of benzene rings is 1. The molecule has 6 nitrogen and oxygen atoms in total. The molecule has 102 valence electrons. The molecule has 1 aromatic carbocycles. The summed E-state index contributed by atoms with van der Waals surface area (Å²) >= 11 is 3.34. The number of H-pyrrole nitrogens is 1. The summed E-state index contributed by atoms with van der Waals surface area (Å²) in [6, 6.07) is 4.91. The van der Waals surface area contributed by atoms with Crippen LogP contribution in [-0.2, 0) is 16.4 Å². The Bertz CT molecular complexity index is 655. The predicted molar refractivity (Wildman–Crippen MR) is 74.2 cm³/mol. The molecule has 0 radical (unpaired) electrons. The van der Waals surface area contributed by atoms with E-state index in [2.05, 4.69) is 35.8 Å². The molecule has 0 fully saturated rings. The van der Waals surface area contributed by atoms with Gasteiger partial charge in [-0.3, -0.25) is 5.10 Å². The smallest absolute Gasteiger partial charge is 0.240 e. The van der Waals surface area contributed by atoms with Crippen LogP contribution in [0, 0.1) is 6.92 Å². The van der Waals surface area contributed by atoms with Crippen molar-refractivity contribution in [2.75, 3.05) is 6.54 Å². The first-order chi connectivity index (χ1) is 8.99. The fourth-order valence-corrected chi connectivity index (χ4v) is 2.89. The molecule has 0 saturated heterocycles. The molecule has 0 amide bonds. The number of sulfonamides is 1. The number of rotatable bonds is 5. The molecule has 2 N–H and O–H groups in total. The molecule has 0 unspecified atom stereocenters. The number of nitrogens with zero attached hydrogens (tertiary/aromatic N) is 2. The maximum Gasteiger partial charge on any atom is 0.240 e. The summed E-state index contributed by atoms with van der Waals surface area (Å²) in [6.07, 6.45) is 1.86. The number of aromatic amines is 1. The molecule has 19 heavy (non-hydrogen) atoms. The van der Waals surface area contributed by atoms with Crippen molar-refractivity contribution >= 4 is 26.0 Å². The van der Waals surface area contributed by atoms with Gasteiger partial charge in [0.05, 0.1) is 4.90 Å². The van der Waals surface area contributed by atoms with Gasteiger partial charge < -0.3 is 0 Å². The Morgan fingerprint density at radius 1 is 1.42 bits per heavy atom. The number of nitrogens with one attached hydrogen (secondary N) is 2. The van der Waals surface area contributed by atoms with E-state index in [1.165, 1.54) is 6.33 Å². The molecule has 2 rings (SSSR count). The molecule has 2 aromatic rings. The Hall–Kier alpha value is -1.25. The summed E-state index contributed by atoms with van der Waals surface area (Å²) in [6.45, 7) is 2.12. The highest BCUT2D eigenvalue weighted by molar-refractivity contribution is 9.10. The molecule has 0 spiro atoms. The van der Waals surface area contributed by atoms with Crippen molar-refractivity contribution in [3.63, 3.8) is 0 Å². The van der Waals surface area contributed by atoms with E-state index < -0.39 is 10.0 Å². The van der Waals surface area contributed by atoms with E-state index in [1.54, 1.807) is 18.2 Å². The van der Waals surface area contributed by atoms with Crippen molar-refractivity contribution in [1.82, 2.24) is 19.9 Å². The van der Waals surface area contributed by atoms with Gasteiger partial charge in [-0.05, 0) is 30.7 Å². The molecule has 8 heteroatoms. The van der Waals surface area contributed by atoms with E-state index >= 15 is 0 Å². The third-order valence-corrected chi connectivity index (χ3v) is 4.91. The zero-order valence-corrected chi connectivity index (χ0v) is 12.6.